The number of thiophene rings is 1. The zero-order valence-corrected chi connectivity index (χ0v) is 20.6. The van der Waals surface area contributed by atoms with E-state index in [-0.39, 0.29) is 11.8 Å². The number of H-pyrrole nitrogens is 2. The summed E-state index contributed by atoms with van der Waals surface area (Å²) < 4.78 is 0. The molecule has 0 atom stereocenters. The van der Waals surface area contributed by atoms with Gasteiger partial charge in [-0.1, -0.05) is 0 Å². The van der Waals surface area contributed by atoms with Gasteiger partial charge in [-0.2, -0.15) is 5.10 Å². The Morgan fingerprint density at radius 1 is 1.11 bits per heavy atom. The van der Waals surface area contributed by atoms with Gasteiger partial charge in [-0.3, -0.25) is 19.9 Å². The van der Waals surface area contributed by atoms with Crippen LogP contribution in [0.5, 0.6) is 0 Å². The second-order valence-electron chi connectivity index (χ2n) is 9.15. The summed E-state index contributed by atoms with van der Waals surface area (Å²) in [4.78, 5) is 37.4. The molecule has 0 amide bonds. The molecule has 6 aromatic rings. The molecule has 7 rings (SSSR count). The third kappa shape index (κ3) is 3.67. The van der Waals surface area contributed by atoms with E-state index in [9.17, 15) is 4.79 Å². The Kier molecular flexibility index (Phi) is 4.88. The monoisotopic (exact) mass is 507 g/mol. The van der Waals surface area contributed by atoms with Gasteiger partial charge in [0, 0.05) is 53.4 Å². The molecule has 0 aliphatic carbocycles. The average molecular weight is 508 g/mol. The van der Waals surface area contributed by atoms with Gasteiger partial charge in [0.15, 0.2) is 11.4 Å². The first kappa shape index (κ1) is 21.8. The highest BCUT2D eigenvalue weighted by Gasteiger charge is 2.25. The smallest absolute Gasteiger partial charge is 0.181 e. The Balaban J connectivity index is 1.29. The lowest BCUT2D eigenvalue weighted by Gasteiger charge is -2.37. The molecule has 0 saturated carbocycles. The Morgan fingerprint density at radius 3 is 2.81 bits per heavy atom. The molecule has 0 radical (unpaired) electrons. The van der Waals surface area contributed by atoms with Crippen LogP contribution in [-0.2, 0) is 0 Å². The summed E-state index contributed by atoms with van der Waals surface area (Å²) in [5.41, 5.74) is 11.6. The molecular formula is C26H21N9OS. The molecule has 0 aromatic carbocycles. The minimum Gasteiger partial charge on any atom is -0.353 e. The maximum absolute atomic E-state index is 11.8. The summed E-state index contributed by atoms with van der Waals surface area (Å²) in [7, 11) is 0. The number of carbonyl (C=O) groups is 1. The molecule has 1 aliphatic rings. The normalized spacial score (nSPS) is 13.9. The first-order valence-electron chi connectivity index (χ1n) is 11.8. The van der Waals surface area contributed by atoms with Crippen LogP contribution in [-0.4, -0.2) is 60.0 Å². The molecule has 11 heteroatoms. The van der Waals surface area contributed by atoms with E-state index in [1.54, 1.807) is 31.7 Å². The molecule has 1 fully saturated rings. The van der Waals surface area contributed by atoms with E-state index >= 15 is 0 Å². The third-order valence-corrected chi connectivity index (χ3v) is 7.76. The number of nitrogens with one attached hydrogen (secondary N) is 2. The van der Waals surface area contributed by atoms with Crippen molar-refractivity contribution in [3.63, 3.8) is 0 Å². The second kappa shape index (κ2) is 8.29. The van der Waals surface area contributed by atoms with Crippen LogP contribution in [0.4, 0.5) is 5.82 Å². The van der Waals surface area contributed by atoms with Crippen LogP contribution in [0.1, 0.15) is 16.6 Å². The van der Waals surface area contributed by atoms with Crippen molar-refractivity contribution in [2.45, 2.75) is 13.0 Å². The van der Waals surface area contributed by atoms with Crippen molar-refractivity contribution in [2.24, 2.45) is 5.73 Å². The van der Waals surface area contributed by atoms with Crippen molar-refractivity contribution in [1.29, 1.82) is 0 Å². The highest BCUT2D eigenvalue weighted by molar-refractivity contribution is 7.17. The van der Waals surface area contributed by atoms with Crippen molar-refractivity contribution in [1.82, 2.24) is 35.1 Å². The second-order valence-corrected chi connectivity index (χ2v) is 10.2. The molecule has 1 aliphatic heterocycles. The molecule has 6 aromatic heterocycles. The van der Waals surface area contributed by atoms with Gasteiger partial charge in [-0.25, -0.2) is 9.97 Å². The number of pyridine rings is 2. The van der Waals surface area contributed by atoms with E-state index in [1.807, 2.05) is 24.3 Å². The SMILES string of the molecule is CC(=O)c1ccc(-c2nccc3[nH]c(-c4[nH]nc5ncc(-c6cncc(N7CC(N)C7)n6)cc45)cc23)s1. The fourth-order valence-corrected chi connectivity index (χ4v) is 5.54. The number of carbonyl (C=O) groups excluding carboxylic acids is 1. The van der Waals surface area contributed by atoms with Crippen LogP contribution in [0.3, 0.4) is 0 Å². The number of anilines is 1. The molecule has 1 saturated heterocycles. The number of rotatable bonds is 5. The van der Waals surface area contributed by atoms with Crippen molar-refractivity contribution in [3.8, 4) is 33.2 Å². The van der Waals surface area contributed by atoms with Gasteiger partial charge in [0.25, 0.3) is 0 Å². The molecular weight excluding hydrogens is 486 g/mol. The van der Waals surface area contributed by atoms with E-state index < -0.39 is 0 Å². The molecule has 10 nitrogen and oxygen atoms in total. The van der Waals surface area contributed by atoms with Crippen molar-refractivity contribution >= 4 is 44.9 Å². The molecule has 37 heavy (non-hydrogen) atoms. The Hall–Kier alpha value is -4.48. The van der Waals surface area contributed by atoms with E-state index in [2.05, 4.69) is 41.1 Å². The minimum absolute atomic E-state index is 0.0501. The fourth-order valence-electron chi connectivity index (χ4n) is 4.63. The van der Waals surface area contributed by atoms with Gasteiger partial charge >= 0.3 is 0 Å². The predicted molar refractivity (Wildman–Crippen MR) is 144 cm³/mol. The van der Waals surface area contributed by atoms with Gasteiger partial charge in [-0.05, 0) is 37.3 Å². The lowest BCUT2D eigenvalue weighted by atomic mass is 10.1. The van der Waals surface area contributed by atoms with E-state index in [1.165, 1.54) is 11.3 Å². The Labute approximate surface area is 214 Å². The summed E-state index contributed by atoms with van der Waals surface area (Å²) in [6.07, 6.45) is 7.03. The third-order valence-electron chi connectivity index (χ3n) is 6.56. The van der Waals surface area contributed by atoms with E-state index in [0.717, 1.165) is 68.4 Å². The number of hydrogen-bond acceptors (Lipinski definition) is 9. The maximum atomic E-state index is 11.8. The highest BCUT2D eigenvalue weighted by Crippen LogP contribution is 2.36. The number of hydrogen-bond donors (Lipinski definition) is 3. The minimum atomic E-state index is 0.0501. The largest absolute Gasteiger partial charge is 0.353 e. The number of nitrogens with two attached hydrogens (primary N) is 1. The van der Waals surface area contributed by atoms with E-state index in [4.69, 9.17) is 10.7 Å². The van der Waals surface area contributed by atoms with Gasteiger partial charge in [0.2, 0.25) is 0 Å². The Morgan fingerprint density at radius 2 is 2.00 bits per heavy atom. The van der Waals surface area contributed by atoms with Crippen LogP contribution >= 0.6 is 11.3 Å². The zero-order chi connectivity index (χ0) is 25.1. The topological polar surface area (TPSA) is 142 Å². The standard InChI is InChI=1S/C26H21N9OS/c1-13(36)21-2-3-22(37-21)25-16-7-19(31-18(16)4-5-29-25)24-17-6-14(8-30-26(17)34-33-24)20-9-28-10-23(32-20)35-11-15(27)12-35/h2-10,15,31H,11-12,27H2,1H3,(H,30,33,34). The van der Waals surface area contributed by atoms with Gasteiger partial charge < -0.3 is 15.6 Å². The van der Waals surface area contributed by atoms with Crippen LogP contribution in [0.2, 0.25) is 0 Å². The van der Waals surface area contributed by atoms with E-state index in [0.29, 0.717) is 10.5 Å². The van der Waals surface area contributed by atoms with Crippen molar-refractivity contribution in [2.75, 3.05) is 18.0 Å². The number of nitrogens with zero attached hydrogens (tertiary/aromatic N) is 6. The summed E-state index contributed by atoms with van der Waals surface area (Å²) >= 11 is 1.45. The summed E-state index contributed by atoms with van der Waals surface area (Å²) in [6.45, 7) is 3.13. The number of Topliss-reactive ketones (excluding diaryl/α,β-unsaturated/α-hetero) is 1. The number of fused-ring (bicyclic) bond motifs is 2. The highest BCUT2D eigenvalue weighted by atomic mass is 32.1. The van der Waals surface area contributed by atoms with Gasteiger partial charge in [0.1, 0.15) is 5.82 Å². The number of aromatic amines is 2. The van der Waals surface area contributed by atoms with Crippen LogP contribution in [0.25, 0.3) is 55.2 Å². The fraction of sp³-hybridized carbons (Fsp3) is 0.154. The van der Waals surface area contributed by atoms with Gasteiger partial charge in [-0.15, -0.1) is 11.3 Å². The van der Waals surface area contributed by atoms with Crippen molar-refractivity contribution in [3.05, 3.63) is 60.0 Å². The average Bonchev–Trinajstić information content (AvgIpc) is 3.64. The molecule has 0 unspecified atom stereocenters. The summed E-state index contributed by atoms with van der Waals surface area (Å²) in [6, 6.07) is 9.99. The predicted octanol–water partition coefficient (Wildman–Crippen LogP) is 4.04. The molecule has 0 spiro atoms. The molecule has 0 bridgehead atoms. The van der Waals surface area contributed by atoms with Crippen molar-refractivity contribution < 1.29 is 4.79 Å². The lowest BCUT2D eigenvalue weighted by molar-refractivity contribution is 0.102. The molecule has 182 valence electrons. The molecule has 4 N–H and O–H groups in total. The van der Waals surface area contributed by atoms with Crippen LogP contribution in [0, 0.1) is 0 Å². The summed E-state index contributed by atoms with van der Waals surface area (Å²) in [5, 5.41) is 9.38. The van der Waals surface area contributed by atoms with Gasteiger partial charge in [0.05, 0.1) is 44.9 Å². The first-order chi connectivity index (χ1) is 18.0. The summed E-state index contributed by atoms with van der Waals surface area (Å²) in [5.74, 6) is 0.859. The zero-order valence-electron chi connectivity index (χ0n) is 19.8. The van der Waals surface area contributed by atoms with Crippen LogP contribution in [0.15, 0.2) is 55.1 Å². The first-order valence-corrected chi connectivity index (χ1v) is 12.6. The quantitative estimate of drug-likeness (QED) is 0.297. The lowest BCUT2D eigenvalue weighted by Crippen LogP contribution is -2.56. The number of aromatic nitrogens is 7. The number of ketones is 1. The Bertz CT molecular complexity index is 1810. The molecule has 7 heterocycles. The maximum Gasteiger partial charge on any atom is 0.181 e. The van der Waals surface area contributed by atoms with Crippen LogP contribution < -0.4 is 10.6 Å².